The van der Waals surface area contributed by atoms with E-state index in [2.05, 4.69) is 10.1 Å². The Morgan fingerprint density at radius 3 is 2.20 bits per heavy atom. The maximum atomic E-state index is 13.1. The van der Waals surface area contributed by atoms with Crippen LogP contribution in [0.25, 0.3) is 0 Å². The molecule has 1 N–H and O–H groups in total. The summed E-state index contributed by atoms with van der Waals surface area (Å²) in [5.74, 6) is -0.00849. The first-order valence-electron chi connectivity index (χ1n) is 11.7. The third-order valence-corrected chi connectivity index (χ3v) is 6.12. The SMILES string of the molecule is CCCOc1ccc(N2C(=O)C[C@H](N3CCC(Nc4ccc(OC(F)(F)F)cc4)CC3)C2=O)cc1. The van der Waals surface area contributed by atoms with E-state index in [4.69, 9.17) is 4.74 Å². The number of nitrogens with zero attached hydrogens (tertiary/aromatic N) is 2. The lowest BCUT2D eigenvalue weighted by Crippen LogP contribution is -2.48. The van der Waals surface area contributed by atoms with Crippen LogP contribution in [-0.2, 0) is 9.59 Å². The molecule has 188 valence electrons. The van der Waals surface area contributed by atoms with Crippen molar-refractivity contribution in [2.24, 2.45) is 0 Å². The molecule has 2 fully saturated rings. The van der Waals surface area contributed by atoms with Crippen molar-refractivity contribution in [3.05, 3.63) is 48.5 Å². The Labute approximate surface area is 201 Å². The maximum absolute atomic E-state index is 13.1. The van der Waals surface area contributed by atoms with E-state index in [-0.39, 0.29) is 30.0 Å². The largest absolute Gasteiger partial charge is 0.573 e. The number of halogens is 3. The summed E-state index contributed by atoms with van der Waals surface area (Å²) in [6.07, 6.45) is -2.21. The number of likely N-dealkylation sites (tertiary alicyclic amines) is 1. The van der Waals surface area contributed by atoms with E-state index in [0.717, 1.165) is 19.3 Å². The molecule has 0 spiro atoms. The summed E-state index contributed by atoms with van der Waals surface area (Å²) in [6, 6.07) is 12.2. The average Bonchev–Trinajstić information content (AvgIpc) is 3.12. The van der Waals surface area contributed by atoms with Gasteiger partial charge in [-0.15, -0.1) is 13.2 Å². The molecular formula is C25H28F3N3O4. The van der Waals surface area contributed by atoms with E-state index < -0.39 is 12.4 Å². The number of carbonyl (C=O) groups is 2. The fraction of sp³-hybridized carbons (Fsp3) is 0.440. The van der Waals surface area contributed by atoms with Gasteiger partial charge in [0, 0.05) is 24.8 Å². The van der Waals surface area contributed by atoms with Gasteiger partial charge in [-0.05, 0) is 67.8 Å². The van der Waals surface area contributed by atoms with Crippen LogP contribution >= 0.6 is 0 Å². The Kier molecular flexibility index (Phi) is 7.49. The second kappa shape index (κ2) is 10.6. The maximum Gasteiger partial charge on any atom is 0.573 e. The second-order valence-corrected chi connectivity index (χ2v) is 8.66. The molecule has 10 heteroatoms. The number of rotatable bonds is 8. The molecule has 7 nitrogen and oxygen atoms in total. The number of amides is 2. The van der Waals surface area contributed by atoms with Gasteiger partial charge in [-0.3, -0.25) is 14.5 Å². The van der Waals surface area contributed by atoms with Gasteiger partial charge in [0.2, 0.25) is 5.91 Å². The van der Waals surface area contributed by atoms with Crippen LogP contribution in [0.5, 0.6) is 11.5 Å². The molecule has 0 bridgehead atoms. The van der Waals surface area contributed by atoms with Gasteiger partial charge in [-0.1, -0.05) is 6.92 Å². The lowest BCUT2D eigenvalue weighted by atomic mass is 10.0. The van der Waals surface area contributed by atoms with E-state index >= 15 is 0 Å². The van der Waals surface area contributed by atoms with Crippen LogP contribution in [0.15, 0.2) is 48.5 Å². The van der Waals surface area contributed by atoms with Gasteiger partial charge >= 0.3 is 6.36 Å². The van der Waals surface area contributed by atoms with Crippen molar-refractivity contribution in [1.29, 1.82) is 0 Å². The number of anilines is 2. The Morgan fingerprint density at radius 1 is 0.971 bits per heavy atom. The lowest BCUT2D eigenvalue weighted by Gasteiger charge is -2.35. The minimum atomic E-state index is -4.72. The summed E-state index contributed by atoms with van der Waals surface area (Å²) in [4.78, 5) is 29.1. The third-order valence-electron chi connectivity index (χ3n) is 6.12. The highest BCUT2D eigenvalue weighted by atomic mass is 19.4. The topological polar surface area (TPSA) is 71.1 Å². The first-order valence-corrected chi connectivity index (χ1v) is 11.7. The lowest BCUT2D eigenvalue weighted by molar-refractivity contribution is -0.274. The van der Waals surface area contributed by atoms with Gasteiger partial charge in [-0.2, -0.15) is 0 Å². The normalized spacial score (nSPS) is 19.8. The third kappa shape index (κ3) is 6.25. The summed E-state index contributed by atoms with van der Waals surface area (Å²) < 4.78 is 46.4. The number of hydrogen-bond donors (Lipinski definition) is 1. The number of piperidine rings is 1. The number of carbonyl (C=O) groups excluding carboxylic acids is 2. The Bertz CT molecular complexity index is 1020. The average molecular weight is 492 g/mol. The monoisotopic (exact) mass is 491 g/mol. The smallest absolute Gasteiger partial charge is 0.494 e. The van der Waals surface area contributed by atoms with Crippen LogP contribution in [0.3, 0.4) is 0 Å². The number of imide groups is 1. The molecule has 2 saturated heterocycles. The van der Waals surface area contributed by atoms with E-state index in [1.807, 2.05) is 11.8 Å². The van der Waals surface area contributed by atoms with Gasteiger partial charge < -0.3 is 14.8 Å². The number of hydrogen-bond acceptors (Lipinski definition) is 6. The highest BCUT2D eigenvalue weighted by Crippen LogP contribution is 2.30. The summed E-state index contributed by atoms with van der Waals surface area (Å²) in [5, 5.41) is 3.32. The van der Waals surface area contributed by atoms with Gasteiger partial charge in [0.05, 0.1) is 24.8 Å². The van der Waals surface area contributed by atoms with Crippen molar-refractivity contribution in [3.8, 4) is 11.5 Å². The zero-order valence-electron chi connectivity index (χ0n) is 19.4. The molecule has 0 saturated carbocycles. The summed E-state index contributed by atoms with van der Waals surface area (Å²) >= 11 is 0. The fourth-order valence-electron chi connectivity index (χ4n) is 4.43. The first kappa shape index (κ1) is 24.8. The van der Waals surface area contributed by atoms with Crippen molar-refractivity contribution in [3.63, 3.8) is 0 Å². The van der Waals surface area contributed by atoms with Crippen molar-refractivity contribution in [2.45, 2.75) is 51.1 Å². The van der Waals surface area contributed by atoms with Crippen molar-refractivity contribution < 1.29 is 32.2 Å². The predicted molar refractivity (Wildman–Crippen MR) is 124 cm³/mol. The fourth-order valence-corrected chi connectivity index (χ4v) is 4.43. The van der Waals surface area contributed by atoms with E-state index in [1.54, 1.807) is 36.4 Å². The summed E-state index contributed by atoms with van der Waals surface area (Å²) in [5.41, 5.74) is 1.24. The van der Waals surface area contributed by atoms with Crippen LogP contribution in [0.1, 0.15) is 32.6 Å². The number of nitrogens with one attached hydrogen (secondary N) is 1. The standard InChI is InChI=1S/C25H28F3N3O4/c1-2-15-34-20-9-5-19(6-10-20)31-23(32)16-22(24(31)33)30-13-11-18(12-14-30)29-17-3-7-21(8-4-17)35-25(26,27)28/h3-10,18,22,29H,2,11-16H2,1H3/t22-/m0/s1. The molecule has 4 rings (SSSR count). The molecular weight excluding hydrogens is 463 g/mol. The molecule has 2 aliphatic heterocycles. The zero-order chi connectivity index (χ0) is 25.0. The molecule has 2 aromatic carbocycles. The van der Waals surface area contributed by atoms with Gasteiger partial charge in [0.15, 0.2) is 0 Å². The van der Waals surface area contributed by atoms with Gasteiger partial charge in [-0.25, -0.2) is 4.90 Å². The van der Waals surface area contributed by atoms with Gasteiger partial charge in [0.1, 0.15) is 11.5 Å². The molecule has 0 aromatic heterocycles. The van der Waals surface area contributed by atoms with E-state index in [9.17, 15) is 22.8 Å². The van der Waals surface area contributed by atoms with Crippen LogP contribution in [0.4, 0.5) is 24.5 Å². The molecule has 0 radical (unpaired) electrons. The minimum absolute atomic E-state index is 0.111. The Morgan fingerprint density at radius 2 is 1.60 bits per heavy atom. The molecule has 2 aliphatic rings. The van der Waals surface area contributed by atoms with Gasteiger partial charge in [0.25, 0.3) is 5.91 Å². The molecule has 1 atom stereocenters. The van der Waals surface area contributed by atoms with Crippen LogP contribution in [0.2, 0.25) is 0 Å². The van der Waals surface area contributed by atoms with Crippen LogP contribution in [0, 0.1) is 0 Å². The molecule has 2 aromatic rings. The van der Waals surface area contributed by atoms with Crippen molar-refractivity contribution >= 4 is 23.2 Å². The molecule has 2 amide bonds. The number of ether oxygens (including phenoxy) is 2. The quantitative estimate of drug-likeness (QED) is 0.545. The number of benzene rings is 2. The van der Waals surface area contributed by atoms with Crippen molar-refractivity contribution in [1.82, 2.24) is 4.90 Å². The Balaban J connectivity index is 1.30. The number of alkyl halides is 3. The Hall–Kier alpha value is -3.27. The first-order chi connectivity index (χ1) is 16.7. The highest BCUT2D eigenvalue weighted by Gasteiger charge is 2.43. The molecule has 2 heterocycles. The zero-order valence-corrected chi connectivity index (χ0v) is 19.4. The minimum Gasteiger partial charge on any atom is -0.494 e. The van der Waals surface area contributed by atoms with E-state index in [0.29, 0.717) is 36.8 Å². The summed E-state index contributed by atoms with van der Waals surface area (Å²) in [7, 11) is 0. The van der Waals surface area contributed by atoms with Crippen molar-refractivity contribution in [2.75, 3.05) is 29.9 Å². The summed E-state index contributed by atoms with van der Waals surface area (Å²) in [6.45, 7) is 3.89. The molecule has 35 heavy (non-hydrogen) atoms. The van der Waals surface area contributed by atoms with Crippen LogP contribution < -0.4 is 19.7 Å². The van der Waals surface area contributed by atoms with Crippen LogP contribution in [-0.4, -0.2) is 54.9 Å². The predicted octanol–water partition coefficient (Wildman–Crippen LogP) is 4.58. The second-order valence-electron chi connectivity index (χ2n) is 8.66. The highest BCUT2D eigenvalue weighted by molar-refractivity contribution is 6.22. The molecule has 0 unspecified atom stereocenters. The van der Waals surface area contributed by atoms with E-state index in [1.165, 1.54) is 17.0 Å². The molecule has 0 aliphatic carbocycles.